The predicted molar refractivity (Wildman–Crippen MR) is 85.2 cm³/mol. The van der Waals surface area contributed by atoms with E-state index in [2.05, 4.69) is 15.0 Å². The molecule has 3 N–H and O–H groups in total. The van der Waals surface area contributed by atoms with Crippen LogP contribution in [0.5, 0.6) is 0 Å². The molecule has 8 nitrogen and oxygen atoms in total. The second-order valence-corrected chi connectivity index (χ2v) is 5.69. The topological polar surface area (TPSA) is 113 Å². The molecule has 0 bridgehead atoms. The van der Waals surface area contributed by atoms with Gasteiger partial charge in [-0.25, -0.2) is 9.97 Å². The quantitative estimate of drug-likeness (QED) is 0.642. The van der Waals surface area contributed by atoms with Crippen LogP contribution in [0.2, 0.25) is 0 Å². The molecule has 0 spiro atoms. The molecule has 24 heavy (non-hydrogen) atoms. The first kappa shape index (κ1) is 15.0. The van der Waals surface area contributed by atoms with Crippen LogP contribution in [-0.4, -0.2) is 48.5 Å². The molecule has 0 radical (unpaired) electrons. The average molecular weight is 328 g/mol. The van der Waals surface area contributed by atoms with Crippen LogP contribution < -0.4 is 5.56 Å². The fraction of sp³-hybridized carbons (Fsp3) is 0.312. The molecule has 0 amide bonds. The standard InChI is InChI=1S/C16H16N4O4/c21-7-11-10(22)6-12(24-11)20-14(9-4-2-1-3-5-9)19-13-15(20)17-8-18-16(13)23/h1-5,8,10-12,21-22H,6-7H2,(H,17,18,23). The Morgan fingerprint density at radius 3 is 2.83 bits per heavy atom. The van der Waals surface area contributed by atoms with Gasteiger partial charge in [-0.15, -0.1) is 0 Å². The third-order valence-corrected chi connectivity index (χ3v) is 4.19. The third-order valence-electron chi connectivity index (χ3n) is 4.19. The van der Waals surface area contributed by atoms with Gasteiger partial charge < -0.3 is 19.9 Å². The number of nitrogens with zero attached hydrogens (tertiary/aromatic N) is 3. The smallest absolute Gasteiger partial charge is 0.278 e. The molecule has 1 aromatic carbocycles. The van der Waals surface area contributed by atoms with Crippen LogP contribution in [0.3, 0.4) is 0 Å². The van der Waals surface area contributed by atoms with E-state index in [4.69, 9.17) is 4.74 Å². The van der Waals surface area contributed by atoms with Crippen LogP contribution in [-0.2, 0) is 4.74 Å². The van der Waals surface area contributed by atoms with Gasteiger partial charge in [-0.1, -0.05) is 30.3 Å². The molecule has 1 saturated heterocycles. The van der Waals surface area contributed by atoms with E-state index in [1.165, 1.54) is 6.33 Å². The lowest BCUT2D eigenvalue weighted by Gasteiger charge is -2.16. The highest BCUT2D eigenvalue weighted by Gasteiger charge is 2.37. The average Bonchev–Trinajstić information content (AvgIpc) is 3.16. The molecule has 124 valence electrons. The fourth-order valence-electron chi connectivity index (χ4n) is 3.02. The molecule has 4 rings (SSSR count). The Bertz CT molecular complexity index is 921. The zero-order valence-electron chi connectivity index (χ0n) is 12.7. The number of aromatic nitrogens is 4. The zero-order valence-corrected chi connectivity index (χ0v) is 12.7. The number of ether oxygens (including phenoxy) is 1. The first-order valence-corrected chi connectivity index (χ1v) is 7.64. The van der Waals surface area contributed by atoms with E-state index >= 15 is 0 Å². The molecular weight excluding hydrogens is 312 g/mol. The number of aromatic amines is 1. The van der Waals surface area contributed by atoms with Gasteiger partial charge in [0.25, 0.3) is 5.56 Å². The highest BCUT2D eigenvalue weighted by molar-refractivity contribution is 5.76. The monoisotopic (exact) mass is 328 g/mol. The summed E-state index contributed by atoms with van der Waals surface area (Å²) in [6.45, 7) is -0.279. The van der Waals surface area contributed by atoms with Crippen molar-refractivity contribution in [3.8, 4) is 11.4 Å². The Kier molecular flexibility index (Phi) is 3.64. The minimum atomic E-state index is -0.789. The summed E-state index contributed by atoms with van der Waals surface area (Å²) >= 11 is 0. The highest BCUT2D eigenvalue weighted by Crippen LogP contribution is 2.34. The molecule has 1 fully saturated rings. The van der Waals surface area contributed by atoms with Crippen LogP contribution >= 0.6 is 0 Å². The minimum absolute atomic E-state index is 0.210. The number of hydrogen-bond donors (Lipinski definition) is 3. The second-order valence-electron chi connectivity index (χ2n) is 5.69. The minimum Gasteiger partial charge on any atom is -0.394 e. The van der Waals surface area contributed by atoms with Crippen molar-refractivity contribution in [1.29, 1.82) is 0 Å². The van der Waals surface area contributed by atoms with E-state index in [9.17, 15) is 15.0 Å². The number of imidazole rings is 1. The summed E-state index contributed by atoms with van der Waals surface area (Å²) in [6, 6.07) is 9.38. The highest BCUT2D eigenvalue weighted by atomic mass is 16.5. The molecule has 3 atom stereocenters. The molecule has 1 aliphatic heterocycles. The van der Waals surface area contributed by atoms with Crippen LogP contribution in [0.15, 0.2) is 41.5 Å². The second kappa shape index (κ2) is 5.82. The van der Waals surface area contributed by atoms with Crippen molar-refractivity contribution in [2.45, 2.75) is 24.9 Å². The largest absolute Gasteiger partial charge is 0.394 e. The molecule has 3 unspecified atom stereocenters. The number of nitrogens with one attached hydrogen (secondary N) is 1. The Morgan fingerprint density at radius 2 is 2.12 bits per heavy atom. The molecule has 1 aliphatic rings. The number of hydrogen-bond acceptors (Lipinski definition) is 6. The van der Waals surface area contributed by atoms with E-state index < -0.39 is 18.4 Å². The van der Waals surface area contributed by atoms with E-state index in [0.717, 1.165) is 5.56 Å². The summed E-state index contributed by atoms with van der Waals surface area (Å²) in [7, 11) is 0. The lowest BCUT2D eigenvalue weighted by atomic mass is 10.2. The van der Waals surface area contributed by atoms with Crippen LogP contribution in [0, 0.1) is 0 Å². The lowest BCUT2D eigenvalue weighted by Crippen LogP contribution is -2.24. The van der Waals surface area contributed by atoms with Crippen molar-refractivity contribution in [3.05, 3.63) is 47.0 Å². The van der Waals surface area contributed by atoms with E-state index in [1.54, 1.807) is 4.57 Å². The first-order valence-electron chi connectivity index (χ1n) is 7.64. The first-order chi connectivity index (χ1) is 11.7. The van der Waals surface area contributed by atoms with Crippen molar-refractivity contribution in [2.75, 3.05) is 6.61 Å². The molecule has 3 aromatic rings. The van der Waals surface area contributed by atoms with Crippen LogP contribution in [0.25, 0.3) is 22.6 Å². The number of H-pyrrole nitrogens is 1. The van der Waals surface area contributed by atoms with Crippen molar-refractivity contribution < 1.29 is 14.9 Å². The lowest BCUT2D eigenvalue weighted by molar-refractivity contribution is -0.0426. The summed E-state index contributed by atoms with van der Waals surface area (Å²) < 4.78 is 7.46. The summed E-state index contributed by atoms with van der Waals surface area (Å²) in [5.41, 5.74) is 1.06. The van der Waals surface area contributed by atoms with Gasteiger partial charge in [-0.05, 0) is 0 Å². The van der Waals surface area contributed by atoms with Crippen molar-refractivity contribution in [2.24, 2.45) is 0 Å². The molecule has 0 saturated carbocycles. The van der Waals surface area contributed by atoms with Gasteiger partial charge in [0, 0.05) is 12.0 Å². The summed E-state index contributed by atoms with van der Waals surface area (Å²) in [5.74, 6) is 0.533. The number of aliphatic hydroxyl groups is 2. The van der Waals surface area contributed by atoms with Gasteiger partial charge in [-0.3, -0.25) is 9.36 Å². The van der Waals surface area contributed by atoms with Gasteiger partial charge >= 0.3 is 0 Å². The van der Waals surface area contributed by atoms with Gasteiger partial charge in [0.15, 0.2) is 11.2 Å². The predicted octanol–water partition coefficient (Wildman–Crippen LogP) is 0.427. The SMILES string of the molecule is O=c1[nH]cnc2c1nc(-c1ccccc1)n2C1CC(O)C(CO)O1. The number of fused-ring (bicyclic) bond motifs is 1. The normalized spacial score (nSPS) is 23.8. The van der Waals surface area contributed by atoms with Gasteiger partial charge in [-0.2, -0.15) is 0 Å². The van der Waals surface area contributed by atoms with E-state index in [1.807, 2.05) is 30.3 Å². The number of rotatable bonds is 3. The Balaban J connectivity index is 1.93. The maximum absolute atomic E-state index is 12.1. The van der Waals surface area contributed by atoms with Crippen LogP contribution in [0.1, 0.15) is 12.6 Å². The summed E-state index contributed by atoms with van der Waals surface area (Å²) in [6.07, 6.45) is -0.426. The Labute approximate surface area is 136 Å². The molecule has 0 aliphatic carbocycles. The fourth-order valence-corrected chi connectivity index (χ4v) is 3.02. The maximum Gasteiger partial charge on any atom is 0.278 e. The summed E-state index contributed by atoms with van der Waals surface area (Å²) in [5, 5.41) is 19.4. The zero-order chi connectivity index (χ0) is 16.7. The van der Waals surface area contributed by atoms with Gasteiger partial charge in [0.05, 0.1) is 19.0 Å². The Morgan fingerprint density at radius 1 is 1.33 bits per heavy atom. The number of benzene rings is 1. The van der Waals surface area contributed by atoms with Crippen molar-refractivity contribution in [3.63, 3.8) is 0 Å². The van der Waals surface area contributed by atoms with Gasteiger partial charge in [0.1, 0.15) is 18.2 Å². The Hall–Kier alpha value is -2.55. The van der Waals surface area contributed by atoms with Crippen LogP contribution in [0.4, 0.5) is 0 Å². The number of aliphatic hydroxyl groups excluding tert-OH is 2. The van der Waals surface area contributed by atoms with E-state index in [-0.39, 0.29) is 24.1 Å². The molecule has 8 heteroatoms. The molecule has 3 heterocycles. The molecular formula is C16H16N4O4. The molecule has 2 aromatic heterocycles. The van der Waals surface area contributed by atoms with Gasteiger partial charge in [0.2, 0.25) is 0 Å². The van der Waals surface area contributed by atoms with E-state index in [0.29, 0.717) is 11.5 Å². The van der Waals surface area contributed by atoms with Crippen molar-refractivity contribution >= 4 is 11.2 Å². The summed E-state index contributed by atoms with van der Waals surface area (Å²) in [4.78, 5) is 23.3. The van der Waals surface area contributed by atoms with Crippen molar-refractivity contribution in [1.82, 2.24) is 19.5 Å². The maximum atomic E-state index is 12.1. The third kappa shape index (κ3) is 2.32.